The van der Waals surface area contributed by atoms with Crippen LogP contribution in [0.5, 0.6) is 23.0 Å². The lowest BCUT2D eigenvalue weighted by atomic mass is 10.1. The Morgan fingerprint density at radius 3 is 1.33 bits per heavy atom. The molecule has 0 atom stereocenters. The first-order valence-electron chi connectivity index (χ1n) is 14.9. The molecule has 12 heteroatoms. The van der Waals surface area contributed by atoms with Crippen molar-refractivity contribution in [1.82, 2.24) is 21.3 Å². The van der Waals surface area contributed by atoms with Crippen molar-refractivity contribution >= 4 is 35.8 Å². The van der Waals surface area contributed by atoms with Gasteiger partial charge in [-0.05, 0) is 71.8 Å². The zero-order chi connectivity index (χ0) is 33.3. The van der Waals surface area contributed by atoms with Gasteiger partial charge in [-0.1, -0.05) is 48.5 Å². The number of amides is 4. The predicted molar refractivity (Wildman–Crippen MR) is 175 cm³/mol. The highest BCUT2D eigenvalue weighted by atomic mass is 16.7. The predicted octanol–water partition coefficient (Wildman–Crippen LogP) is 3.62. The fourth-order valence-electron chi connectivity index (χ4n) is 4.77. The third-order valence-corrected chi connectivity index (χ3v) is 7.17. The fraction of sp³-hybridized carbons (Fsp3) is 0.111. The molecular weight excluding hydrogens is 616 g/mol. The minimum atomic E-state index is -0.584. The first-order valence-corrected chi connectivity index (χ1v) is 14.9. The number of benzene rings is 4. The van der Waals surface area contributed by atoms with Gasteiger partial charge in [0.25, 0.3) is 23.6 Å². The average molecular weight is 647 g/mol. The summed E-state index contributed by atoms with van der Waals surface area (Å²) >= 11 is 0. The van der Waals surface area contributed by atoms with Gasteiger partial charge in [0.2, 0.25) is 13.6 Å². The molecule has 4 amide bonds. The zero-order valence-corrected chi connectivity index (χ0v) is 25.5. The van der Waals surface area contributed by atoms with Gasteiger partial charge in [-0.3, -0.25) is 19.2 Å². The van der Waals surface area contributed by atoms with Crippen LogP contribution in [-0.4, -0.2) is 50.3 Å². The molecule has 0 aromatic heterocycles. The Labute approximate surface area is 275 Å². The van der Waals surface area contributed by atoms with Crippen LogP contribution in [0, 0.1) is 0 Å². The van der Waals surface area contributed by atoms with Gasteiger partial charge in [-0.25, -0.2) is 0 Å². The molecule has 12 nitrogen and oxygen atoms in total. The molecule has 6 rings (SSSR count). The summed E-state index contributed by atoms with van der Waals surface area (Å²) in [6.45, 7) is 0.202. The molecule has 2 aliphatic heterocycles. The average Bonchev–Trinajstić information content (AvgIpc) is 3.79. The summed E-state index contributed by atoms with van der Waals surface area (Å²) in [7, 11) is 0. The lowest BCUT2D eigenvalue weighted by Crippen LogP contribution is -2.41. The Morgan fingerprint density at radius 2 is 0.917 bits per heavy atom. The molecule has 2 aliphatic rings. The van der Waals surface area contributed by atoms with Crippen LogP contribution in [-0.2, 0) is 9.59 Å². The van der Waals surface area contributed by atoms with Crippen molar-refractivity contribution in [2.45, 2.75) is 0 Å². The molecule has 4 aromatic carbocycles. The normalized spacial score (nSPS) is 13.0. The molecule has 0 fully saturated rings. The Bertz CT molecular complexity index is 1770. The van der Waals surface area contributed by atoms with Crippen molar-refractivity contribution in [3.63, 3.8) is 0 Å². The van der Waals surface area contributed by atoms with Crippen LogP contribution in [0.3, 0.4) is 0 Å². The van der Waals surface area contributed by atoms with Crippen LogP contribution in [0.25, 0.3) is 12.2 Å². The van der Waals surface area contributed by atoms with Gasteiger partial charge in [0.1, 0.15) is 11.4 Å². The second-order valence-electron chi connectivity index (χ2n) is 10.5. The summed E-state index contributed by atoms with van der Waals surface area (Å²) in [4.78, 5) is 52.5. The second kappa shape index (κ2) is 14.7. The van der Waals surface area contributed by atoms with Crippen molar-refractivity contribution in [3.8, 4) is 23.0 Å². The Morgan fingerprint density at radius 1 is 0.521 bits per heavy atom. The van der Waals surface area contributed by atoms with E-state index in [2.05, 4.69) is 21.3 Å². The molecule has 0 saturated heterocycles. The standard InChI is InChI=1S/C36H30N4O8/c41-33(25-7-3-1-4-8-25)39-27(17-23-11-13-29-31(19-23)47-21-45-29)35(43)37-15-16-38-36(44)28(40-34(42)26-9-5-2-6-10-26)18-24-12-14-30-32(20-24)48-22-46-30/h1-14,17-20H,15-16,21-22H2,(H,37,43)(H,38,44)(H,39,41)(H,40,42)/b27-17-,28-18+. The van der Waals surface area contributed by atoms with E-state index in [1.54, 1.807) is 97.1 Å². The van der Waals surface area contributed by atoms with Crippen LogP contribution in [0.1, 0.15) is 31.8 Å². The van der Waals surface area contributed by atoms with Gasteiger partial charge in [-0.15, -0.1) is 0 Å². The van der Waals surface area contributed by atoms with Gasteiger partial charge in [-0.2, -0.15) is 0 Å². The van der Waals surface area contributed by atoms with E-state index in [1.165, 1.54) is 12.2 Å². The topological polar surface area (TPSA) is 153 Å². The highest BCUT2D eigenvalue weighted by Gasteiger charge is 2.19. The van der Waals surface area contributed by atoms with E-state index in [1.807, 2.05) is 0 Å². The molecule has 0 bridgehead atoms. The van der Waals surface area contributed by atoms with E-state index in [9.17, 15) is 19.2 Å². The monoisotopic (exact) mass is 646 g/mol. The first-order chi connectivity index (χ1) is 23.4. The van der Waals surface area contributed by atoms with Crippen molar-refractivity contribution in [2.75, 3.05) is 26.7 Å². The van der Waals surface area contributed by atoms with Crippen LogP contribution in [0.15, 0.2) is 108 Å². The third-order valence-electron chi connectivity index (χ3n) is 7.17. The summed E-state index contributed by atoms with van der Waals surface area (Å²) < 4.78 is 21.6. The number of rotatable bonds is 11. The van der Waals surface area contributed by atoms with Crippen molar-refractivity contribution in [3.05, 3.63) is 131 Å². The minimum Gasteiger partial charge on any atom is -0.454 e. The maximum absolute atomic E-state index is 13.3. The molecule has 4 N–H and O–H groups in total. The maximum Gasteiger partial charge on any atom is 0.267 e. The quantitative estimate of drug-likeness (QED) is 0.142. The van der Waals surface area contributed by atoms with E-state index < -0.39 is 23.6 Å². The van der Waals surface area contributed by atoms with Gasteiger partial charge < -0.3 is 40.2 Å². The lowest BCUT2D eigenvalue weighted by Gasteiger charge is -2.13. The van der Waals surface area contributed by atoms with Crippen LogP contribution in [0.2, 0.25) is 0 Å². The van der Waals surface area contributed by atoms with E-state index in [-0.39, 0.29) is 38.1 Å². The molecule has 4 aromatic rings. The van der Waals surface area contributed by atoms with Crippen LogP contribution >= 0.6 is 0 Å². The zero-order valence-electron chi connectivity index (χ0n) is 25.5. The highest BCUT2D eigenvalue weighted by molar-refractivity contribution is 6.06. The number of hydrogen-bond donors (Lipinski definition) is 4. The van der Waals surface area contributed by atoms with E-state index in [4.69, 9.17) is 18.9 Å². The summed E-state index contributed by atoms with van der Waals surface area (Å²) in [5.74, 6) is 0.0776. The Balaban J connectivity index is 1.13. The summed E-state index contributed by atoms with van der Waals surface area (Å²) in [5, 5.41) is 10.8. The Kier molecular flexibility index (Phi) is 9.62. The van der Waals surface area contributed by atoms with Crippen LogP contribution < -0.4 is 40.2 Å². The van der Waals surface area contributed by atoms with Gasteiger partial charge in [0.15, 0.2) is 23.0 Å². The summed E-state index contributed by atoms with van der Waals surface area (Å²) in [5.41, 5.74) is 1.89. The number of carbonyl (C=O) groups is 4. The molecule has 2 heterocycles. The maximum atomic E-state index is 13.3. The Hall–Kier alpha value is -6.56. The molecule has 0 aliphatic carbocycles. The summed E-state index contributed by atoms with van der Waals surface area (Å²) in [6.07, 6.45) is 3.03. The smallest absolute Gasteiger partial charge is 0.267 e. The van der Waals surface area contributed by atoms with Gasteiger partial charge in [0, 0.05) is 24.2 Å². The molecule has 0 spiro atoms. The number of hydrogen-bond acceptors (Lipinski definition) is 8. The third kappa shape index (κ3) is 7.80. The van der Waals surface area contributed by atoms with Crippen molar-refractivity contribution < 1.29 is 38.1 Å². The molecule has 0 unspecified atom stereocenters. The van der Waals surface area contributed by atoms with E-state index in [0.717, 1.165) is 0 Å². The van der Waals surface area contributed by atoms with E-state index in [0.29, 0.717) is 45.3 Å². The number of ether oxygens (including phenoxy) is 4. The molecular formula is C36H30N4O8. The number of fused-ring (bicyclic) bond motifs is 2. The number of nitrogens with one attached hydrogen (secondary N) is 4. The fourth-order valence-corrected chi connectivity index (χ4v) is 4.77. The number of carbonyl (C=O) groups excluding carboxylic acids is 4. The summed E-state index contributed by atoms with van der Waals surface area (Å²) in [6, 6.07) is 27.2. The van der Waals surface area contributed by atoms with E-state index >= 15 is 0 Å². The van der Waals surface area contributed by atoms with Gasteiger partial charge >= 0.3 is 0 Å². The minimum absolute atomic E-state index is 0.00813. The highest BCUT2D eigenvalue weighted by Crippen LogP contribution is 2.34. The van der Waals surface area contributed by atoms with Crippen LogP contribution in [0.4, 0.5) is 0 Å². The second-order valence-corrected chi connectivity index (χ2v) is 10.5. The first kappa shape index (κ1) is 31.4. The SMILES string of the molecule is O=C(NCCNC(=O)/C(=C\c1ccc2c(c1)OCO2)NC(=O)c1ccccc1)/C(=C/c1ccc2c(c1)OCO2)NC(=O)c1ccccc1. The largest absolute Gasteiger partial charge is 0.454 e. The molecule has 0 radical (unpaired) electrons. The van der Waals surface area contributed by atoms with Crippen molar-refractivity contribution in [1.29, 1.82) is 0 Å². The van der Waals surface area contributed by atoms with Gasteiger partial charge in [0.05, 0.1) is 0 Å². The van der Waals surface area contributed by atoms with Crippen molar-refractivity contribution in [2.24, 2.45) is 0 Å². The lowest BCUT2D eigenvalue weighted by molar-refractivity contribution is -0.119. The molecule has 48 heavy (non-hydrogen) atoms. The molecule has 242 valence electrons. The molecule has 0 saturated carbocycles.